The monoisotopic (exact) mass is 312 g/mol. The van der Waals surface area contributed by atoms with Crippen LogP contribution in [-0.4, -0.2) is 12.1 Å². The Morgan fingerprint density at radius 2 is 2.12 bits per heavy atom. The first kappa shape index (κ1) is 12.2. The molecule has 0 aliphatic rings. The predicted octanol–water partition coefficient (Wildman–Crippen LogP) is 4.25. The molecule has 0 radical (unpaired) electrons. The quantitative estimate of drug-likeness (QED) is 0.920. The zero-order valence-electron chi connectivity index (χ0n) is 9.08. The second-order valence-electron chi connectivity index (χ2n) is 3.34. The Bertz CT molecular complexity index is 516. The maximum absolute atomic E-state index is 5.77. The van der Waals surface area contributed by atoms with Gasteiger partial charge in [0.25, 0.3) is 0 Å². The average Bonchev–Trinajstić information content (AvgIpc) is 2.32. The number of hydrogen-bond acceptors (Lipinski definition) is 3. The molecule has 1 N–H and O–H groups in total. The minimum absolute atomic E-state index is 0.617. The summed E-state index contributed by atoms with van der Waals surface area (Å²) in [6.07, 6.45) is 1.60. The molecule has 0 saturated carbocycles. The van der Waals surface area contributed by atoms with E-state index in [1.165, 1.54) is 0 Å². The number of benzene rings is 1. The Hall–Kier alpha value is -1.26. The second-order valence-corrected chi connectivity index (χ2v) is 4.63. The summed E-state index contributed by atoms with van der Waals surface area (Å²) in [5.74, 6) is 1.53. The third kappa shape index (κ3) is 3.11. The molecule has 0 fully saturated rings. The molecule has 1 aromatic heterocycles. The Morgan fingerprint density at radius 3 is 2.71 bits per heavy atom. The standard InChI is InChI=1S/C12H10BrClN2O/c1-17-11-4-3-9(6-10(11)13)16-12-5-2-8(14)7-15-12/h2-7H,1H3,(H,15,16). The van der Waals surface area contributed by atoms with Gasteiger partial charge in [0.05, 0.1) is 16.6 Å². The highest BCUT2D eigenvalue weighted by atomic mass is 79.9. The van der Waals surface area contributed by atoms with Crippen LogP contribution in [0.2, 0.25) is 5.02 Å². The summed E-state index contributed by atoms with van der Waals surface area (Å²) < 4.78 is 6.05. The summed E-state index contributed by atoms with van der Waals surface area (Å²) >= 11 is 9.19. The maximum atomic E-state index is 5.77. The van der Waals surface area contributed by atoms with Crippen molar-refractivity contribution in [3.63, 3.8) is 0 Å². The lowest BCUT2D eigenvalue weighted by Gasteiger charge is -2.08. The molecule has 0 atom stereocenters. The summed E-state index contributed by atoms with van der Waals surface area (Å²) in [7, 11) is 1.63. The van der Waals surface area contributed by atoms with Crippen LogP contribution in [0.3, 0.4) is 0 Å². The number of anilines is 2. The number of halogens is 2. The summed E-state index contributed by atoms with van der Waals surface area (Å²) in [4.78, 5) is 4.16. The number of nitrogens with zero attached hydrogens (tertiary/aromatic N) is 1. The molecule has 17 heavy (non-hydrogen) atoms. The molecule has 3 nitrogen and oxygen atoms in total. The normalized spacial score (nSPS) is 10.1. The van der Waals surface area contributed by atoms with Gasteiger partial charge < -0.3 is 10.1 Å². The van der Waals surface area contributed by atoms with E-state index in [-0.39, 0.29) is 0 Å². The van der Waals surface area contributed by atoms with Gasteiger partial charge in [0.2, 0.25) is 0 Å². The molecular formula is C12H10BrClN2O. The van der Waals surface area contributed by atoms with Crippen LogP contribution in [0.25, 0.3) is 0 Å². The van der Waals surface area contributed by atoms with Crippen molar-refractivity contribution in [3.05, 3.63) is 46.0 Å². The van der Waals surface area contributed by atoms with Crippen LogP contribution in [0.4, 0.5) is 11.5 Å². The number of nitrogens with one attached hydrogen (secondary N) is 1. The minimum Gasteiger partial charge on any atom is -0.496 e. The molecule has 88 valence electrons. The van der Waals surface area contributed by atoms with Gasteiger partial charge in [-0.2, -0.15) is 0 Å². The number of hydrogen-bond donors (Lipinski definition) is 1. The zero-order valence-corrected chi connectivity index (χ0v) is 11.4. The molecule has 0 spiro atoms. The third-order valence-corrected chi connectivity index (χ3v) is 2.99. The van der Waals surface area contributed by atoms with Crippen LogP contribution >= 0.6 is 27.5 Å². The van der Waals surface area contributed by atoms with E-state index in [9.17, 15) is 0 Å². The number of ether oxygens (including phenoxy) is 1. The van der Waals surface area contributed by atoms with Crippen molar-refractivity contribution in [2.75, 3.05) is 12.4 Å². The van der Waals surface area contributed by atoms with Crippen molar-refractivity contribution >= 4 is 39.0 Å². The molecule has 0 unspecified atom stereocenters. The van der Waals surface area contributed by atoms with E-state index in [0.29, 0.717) is 5.02 Å². The Kier molecular flexibility index (Phi) is 3.86. The highest BCUT2D eigenvalue weighted by Crippen LogP contribution is 2.28. The first-order chi connectivity index (χ1) is 8.19. The van der Waals surface area contributed by atoms with Crippen molar-refractivity contribution in [3.8, 4) is 5.75 Å². The number of methoxy groups -OCH3 is 1. The van der Waals surface area contributed by atoms with E-state index < -0.39 is 0 Å². The van der Waals surface area contributed by atoms with Crippen molar-refractivity contribution in [2.24, 2.45) is 0 Å². The SMILES string of the molecule is COc1ccc(Nc2ccc(Cl)cn2)cc1Br. The molecule has 0 aliphatic carbocycles. The number of aromatic nitrogens is 1. The number of rotatable bonds is 3. The Balaban J connectivity index is 2.19. The van der Waals surface area contributed by atoms with Gasteiger partial charge in [-0.05, 0) is 46.3 Å². The molecule has 2 rings (SSSR count). The largest absolute Gasteiger partial charge is 0.496 e. The molecular weight excluding hydrogens is 304 g/mol. The van der Waals surface area contributed by atoms with Gasteiger partial charge >= 0.3 is 0 Å². The van der Waals surface area contributed by atoms with Crippen LogP contribution in [0.5, 0.6) is 5.75 Å². The van der Waals surface area contributed by atoms with Crippen molar-refractivity contribution in [1.29, 1.82) is 0 Å². The molecule has 0 saturated heterocycles. The molecule has 5 heteroatoms. The molecule has 1 aromatic carbocycles. The highest BCUT2D eigenvalue weighted by molar-refractivity contribution is 9.10. The van der Waals surface area contributed by atoms with Crippen molar-refractivity contribution in [2.45, 2.75) is 0 Å². The van der Waals surface area contributed by atoms with Crippen LogP contribution in [0.15, 0.2) is 41.0 Å². The second kappa shape index (κ2) is 5.38. The van der Waals surface area contributed by atoms with Gasteiger partial charge in [0, 0.05) is 11.9 Å². The fraction of sp³-hybridized carbons (Fsp3) is 0.0833. The van der Waals surface area contributed by atoms with Gasteiger partial charge in [-0.15, -0.1) is 0 Å². The van der Waals surface area contributed by atoms with Gasteiger partial charge in [-0.3, -0.25) is 0 Å². The molecule has 0 bridgehead atoms. The van der Waals surface area contributed by atoms with E-state index in [4.69, 9.17) is 16.3 Å². The van der Waals surface area contributed by atoms with Crippen molar-refractivity contribution in [1.82, 2.24) is 4.98 Å². The van der Waals surface area contributed by atoms with Crippen LogP contribution in [-0.2, 0) is 0 Å². The summed E-state index contributed by atoms with van der Waals surface area (Å²) in [5.41, 5.74) is 0.924. The summed E-state index contributed by atoms with van der Waals surface area (Å²) in [6, 6.07) is 9.33. The molecule has 0 aliphatic heterocycles. The van der Waals surface area contributed by atoms with Crippen molar-refractivity contribution < 1.29 is 4.74 Å². The topological polar surface area (TPSA) is 34.1 Å². The maximum Gasteiger partial charge on any atom is 0.133 e. The van der Waals surface area contributed by atoms with E-state index in [0.717, 1.165) is 21.7 Å². The highest BCUT2D eigenvalue weighted by Gasteiger charge is 2.02. The van der Waals surface area contributed by atoms with Crippen LogP contribution < -0.4 is 10.1 Å². The predicted molar refractivity (Wildman–Crippen MR) is 73.2 cm³/mol. The van der Waals surface area contributed by atoms with Gasteiger partial charge in [-0.1, -0.05) is 11.6 Å². The fourth-order valence-corrected chi connectivity index (χ4v) is 1.99. The van der Waals surface area contributed by atoms with Crippen LogP contribution in [0.1, 0.15) is 0 Å². The zero-order chi connectivity index (χ0) is 12.3. The van der Waals surface area contributed by atoms with Gasteiger partial charge in [-0.25, -0.2) is 4.98 Å². The minimum atomic E-state index is 0.617. The first-order valence-corrected chi connectivity index (χ1v) is 6.08. The molecule has 0 amide bonds. The fourth-order valence-electron chi connectivity index (χ4n) is 1.34. The molecule has 1 heterocycles. The average molecular weight is 314 g/mol. The Morgan fingerprint density at radius 1 is 1.29 bits per heavy atom. The summed E-state index contributed by atoms with van der Waals surface area (Å²) in [6.45, 7) is 0. The van der Waals surface area contributed by atoms with E-state index in [2.05, 4.69) is 26.2 Å². The van der Waals surface area contributed by atoms with E-state index in [1.807, 2.05) is 24.3 Å². The van der Waals surface area contributed by atoms with Crippen LogP contribution in [0, 0.1) is 0 Å². The third-order valence-electron chi connectivity index (χ3n) is 2.15. The lowest BCUT2D eigenvalue weighted by atomic mass is 10.3. The van der Waals surface area contributed by atoms with Gasteiger partial charge in [0.15, 0.2) is 0 Å². The molecule has 2 aromatic rings. The van der Waals surface area contributed by atoms with Gasteiger partial charge in [0.1, 0.15) is 11.6 Å². The lowest BCUT2D eigenvalue weighted by Crippen LogP contribution is -1.93. The summed E-state index contributed by atoms with van der Waals surface area (Å²) in [5, 5.41) is 3.79. The number of pyridine rings is 1. The first-order valence-electron chi connectivity index (χ1n) is 4.91. The van der Waals surface area contributed by atoms with E-state index in [1.54, 1.807) is 19.4 Å². The van der Waals surface area contributed by atoms with E-state index >= 15 is 0 Å². The smallest absolute Gasteiger partial charge is 0.133 e. The Labute approximate surface area is 113 Å². The lowest BCUT2D eigenvalue weighted by molar-refractivity contribution is 0.412.